The normalized spacial score (nSPS) is 18.0. The van der Waals surface area contributed by atoms with E-state index in [1.54, 1.807) is 0 Å². The van der Waals surface area contributed by atoms with Crippen LogP contribution in [0.3, 0.4) is 0 Å². The molecule has 200 valence electrons. The van der Waals surface area contributed by atoms with Gasteiger partial charge in [-0.3, -0.25) is 0 Å². The predicted molar refractivity (Wildman–Crippen MR) is 172 cm³/mol. The van der Waals surface area contributed by atoms with Crippen molar-refractivity contribution in [1.29, 1.82) is 0 Å². The minimum Gasteiger partial charge on any atom is -0.375 e. The fraction of sp³-hybridized carbons (Fsp3) is 0.263. The summed E-state index contributed by atoms with van der Waals surface area (Å²) < 4.78 is 2.45. The molecule has 2 aliphatic rings. The van der Waals surface area contributed by atoms with Gasteiger partial charge in [0.05, 0.1) is 16.6 Å². The first kappa shape index (κ1) is 25.0. The summed E-state index contributed by atoms with van der Waals surface area (Å²) in [4.78, 5) is 0. The zero-order chi connectivity index (χ0) is 27.4. The number of hydrogen-bond acceptors (Lipinski definition) is 1. The summed E-state index contributed by atoms with van der Waals surface area (Å²) in [5.74, 6) is 0.643. The van der Waals surface area contributed by atoms with Gasteiger partial charge in [0.15, 0.2) is 0 Å². The van der Waals surface area contributed by atoms with Crippen LogP contribution in [0.4, 0.5) is 5.69 Å². The monoisotopic (exact) mass is 522 g/mol. The van der Waals surface area contributed by atoms with Crippen LogP contribution in [-0.2, 0) is 12.8 Å². The lowest BCUT2D eigenvalue weighted by molar-refractivity contribution is 0.648. The molecule has 1 aliphatic carbocycles. The SMILES string of the molecule is CCCc1ccc2c(c1)c1cc(CC(C)C)ccc1n2-c1ccc(C2=CCC3(C)Nc4ccccc4C3=C2)cc1. The summed E-state index contributed by atoms with van der Waals surface area (Å²) in [6, 6.07) is 32.0. The molecule has 0 bridgehead atoms. The molecule has 4 aromatic carbocycles. The van der Waals surface area contributed by atoms with Gasteiger partial charge in [0, 0.05) is 27.7 Å². The van der Waals surface area contributed by atoms with E-state index in [1.165, 1.54) is 66.6 Å². The van der Waals surface area contributed by atoms with Crippen molar-refractivity contribution in [1.82, 2.24) is 4.57 Å². The molecule has 2 heterocycles. The lowest BCUT2D eigenvalue weighted by Gasteiger charge is -2.30. The largest absolute Gasteiger partial charge is 0.375 e. The number of hydrogen-bond donors (Lipinski definition) is 1. The zero-order valence-electron chi connectivity index (χ0n) is 24.1. The highest BCUT2D eigenvalue weighted by Crippen LogP contribution is 2.47. The van der Waals surface area contributed by atoms with Crippen molar-refractivity contribution in [2.75, 3.05) is 5.32 Å². The Labute approximate surface area is 238 Å². The Morgan fingerprint density at radius 2 is 1.55 bits per heavy atom. The molecule has 0 radical (unpaired) electrons. The molecule has 1 unspecified atom stereocenters. The second-order valence-electron chi connectivity index (χ2n) is 12.4. The van der Waals surface area contributed by atoms with E-state index < -0.39 is 0 Å². The average Bonchev–Trinajstić information content (AvgIpc) is 3.43. The maximum absolute atomic E-state index is 3.76. The first-order valence-corrected chi connectivity index (χ1v) is 14.9. The second kappa shape index (κ2) is 9.55. The number of nitrogens with one attached hydrogen (secondary N) is 1. The first-order valence-electron chi connectivity index (χ1n) is 14.9. The van der Waals surface area contributed by atoms with Crippen molar-refractivity contribution in [3.63, 3.8) is 0 Å². The van der Waals surface area contributed by atoms with Crippen LogP contribution in [0.25, 0.3) is 38.6 Å². The topological polar surface area (TPSA) is 17.0 Å². The minimum absolute atomic E-state index is 0.0266. The Morgan fingerprint density at radius 3 is 2.27 bits per heavy atom. The molecule has 0 fully saturated rings. The zero-order valence-corrected chi connectivity index (χ0v) is 24.1. The summed E-state index contributed by atoms with van der Waals surface area (Å²) in [6.07, 6.45) is 9.15. The molecule has 2 nitrogen and oxygen atoms in total. The van der Waals surface area contributed by atoms with Gasteiger partial charge in [-0.05, 0) is 108 Å². The molecule has 0 saturated heterocycles. The number of anilines is 1. The van der Waals surface area contributed by atoms with Gasteiger partial charge >= 0.3 is 0 Å². The van der Waals surface area contributed by atoms with Crippen molar-refractivity contribution >= 4 is 38.6 Å². The Morgan fingerprint density at radius 1 is 0.850 bits per heavy atom. The maximum atomic E-state index is 3.76. The third-order valence-electron chi connectivity index (χ3n) is 8.79. The fourth-order valence-electron chi connectivity index (χ4n) is 6.86. The maximum Gasteiger partial charge on any atom is 0.0638 e. The van der Waals surface area contributed by atoms with Gasteiger partial charge in [-0.1, -0.05) is 75.7 Å². The standard InChI is InChI=1S/C38H38N2/c1-5-8-26-11-17-36-32(22-26)33-23-27(21-25(2)3)12-18-37(33)40(36)30-15-13-28(14-16-30)29-19-20-38(4)34(24-29)31-9-6-7-10-35(31)39-38/h6-7,9-19,22-25,39H,5,8,20-21H2,1-4H3. The van der Waals surface area contributed by atoms with E-state index in [-0.39, 0.29) is 5.54 Å². The Bertz CT molecular complexity index is 1810. The molecule has 7 rings (SSSR count). The molecule has 1 N–H and O–H groups in total. The van der Waals surface area contributed by atoms with E-state index in [1.807, 2.05) is 0 Å². The quantitative estimate of drug-likeness (QED) is 0.235. The molecule has 1 aromatic heterocycles. The van der Waals surface area contributed by atoms with Gasteiger partial charge in [0.25, 0.3) is 0 Å². The molecule has 2 heteroatoms. The molecular weight excluding hydrogens is 484 g/mol. The van der Waals surface area contributed by atoms with Crippen LogP contribution in [0.1, 0.15) is 62.8 Å². The molecule has 40 heavy (non-hydrogen) atoms. The van der Waals surface area contributed by atoms with E-state index in [9.17, 15) is 0 Å². The summed E-state index contributed by atoms with van der Waals surface area (Å²) in [6.45, 7) is 9.18. The highest BCUT2D eigenvalue weighted by Gasteiger charge is 2.38. The third kappa shape index (κ3) is 4.09. The average molecular weight is 523 g/mol. The van der Waals surface area contributed by atoms with Crippen molar-refractivity contribution in [2.45, 2.75) is 58.9 Å². The second-order valence-corrected chi connectivity index (χ2v) is 12.4. The molecule has 0 amide bonds. The molecule has 5 aromatic rings. The minimum atomic E-state index is -0.0266. The number of aryl methyl sites for hydroxylation is 1. The van der Waals surface area contributed by atoms with Crippen LogP contribution >= 0.6 is 0 Å². The van der Waals surface area contributed by atoms with E-state index in [2.05, 4.69) is 135 Å². The molecule has 0 saturated carbocycles. The molecular formula is C38H38N2. The van der Waals surface area contributed by atoms with Gasteiger partial charge in [-0.2, -0.15) is 0 Å². The van der Waals surface area contributed by atoms with Gasteiger partial charge in [0.2, 0.25) is 0 Å². The van der Waals surface area contributed by atoms with Crippen LogP contribution in [0, 0.1) is 5.92 Å². The number of rotatable bonds is 6. The highest BCUT2D eigenvalue weighted by molar-refractivity contribution is 6.09. The summed E-state index contributed by atoms with van der Waals surface area (Å²) >= 11 is 0. The van der Waals surface area contributed by atoms with Crippen LogP contribution in [0.5, 0.6) is 0 Å². The Balaban J connectivity index is 1.30. The van der Waals surface area contributed by atoms with Crippen LogP contribution < -0.4 is 5.32 Å². The van der Waals surface area contributed by atoms with E-state index in [0.29, 0.717) is 5.92 Å². The van der Waals surface area contributed by atoms with E-state index in [0.717, 1.165) is 25.7 Å². The predicted octanol–water partition coefficient (Wildman–Crippen LogP) is 9.99. The number of aromatic nitrogens is 1. The molecule has 1 aliphatic heterocycles. The summed E-state index contributed by atoms with van der Waals surface area (Å²) in [7, 11) is 0. The van der Waals surface area contributed by atoms with Gasteiger partial charge < -0.3 is 9.88 Å². The lowest BCUT2D eigenvalue weighted by Crippen LogP contribution is -2.32. The van der Waals surface area contributed by atoms with Crippen molar-refractivity contribution in [2.24, 2.45) is 5.92 Å². The van der Waals surface area contributed by atoms with Crippen molar-refractivity contribution in [3.8, 4) is 5.69 Å². The Kier molecular flexibility index (Phi) is 5.96. The fourth-order valence-corrected chi connectivity index (χ4v) is 6.86. The third-order valence-corrected chi connectivity index (χ3v) is 8.79. The Hall–Kier alpha value is -4.04. The van der Waals surface area contributed by atoms with Crippen LogP contribution in [0.15, 0.2) is 97.1 Å². The number of nitrogens with zero attached hydrogens (tertiary/aromatic N) is 1. The van der Waals surface area contributed by atoms with Gasteiger partial charge in [-0.15, -0.1) is 0 Å². The number of para-hydroxylation sites is 1. The van der Waals surface area contributed by atoms with Crippen LogP contribution in [-0.4, -0.2) is 10.1 Å². The number of allylic oxidation sites excluding steroid dienone is 2. The summed E-state index contributed by atoms with van der Waals surface area (Å²) in [5, 5.41) is 6.48. The molecule has 0 spiro atoms. The highest BCUT2D eigenvalue weighted by atomic mass is 15.0. The van der Waals surface area contributed by atoms with Crippen LogP contribution in [0.2, 0.25) is 0 Å². The summed E-state index contributed by atoms with van der Waals surface area (Å²) in [5.41, 5.74) is 13.1. The van der Waals surface area contributed by atoms with Gasteiger partial charge in [-0.25, -0.2) is 0 Å². The van der Waals surface area contributed by atoms with E-state index in [4.69, 9.17) is 0 Å². The number of fused-ring (bicyclic) bond motifs is 6. The van der Waals surface area contributed by atoms with Crippen molar-refractivity contribution < 1.29 is 0 Å². The smallest absolute Gasteiger partial charge is 0.0638 e. The van der Waals surface area contributed by atoms with Gasteiger partial charge in [0.1, 0.15) is 0 Å². The molecule has 1 atom stereocenters. The first-order chi connectivity index (χ1) is 19.4. The lowest BCUT2D eigenvalue weighted by atomic mass is 9.81. The van der Waals surface area contributed by atoms with Crippen molar-refractivity contribution in [3.05, 3.63) is 119 Å². The number of benzene rings is 4. The van der Waals surface area contributed by atoms with E-state index >= 15 is 0 Å².